The van der Waals surface area contributed by atoms with Gasteiger partial charge in [-0.25, -0.2) is 9.07 Å². The zero-order valence-electron chi connectivity index (χ0n) is 13.1. The summed E-state index contributed by atoms with van der Waals surface area (Å²) in [5, 5.41) is 8.78. The number of halogens is 1. The first-order chi connectivity index (χ1) is 11.7. The predicted molar refractivity (Wildman–Crippen MR) is 91.9 cm³/mol. The second kappa shape index (κ2) is 7.35. The van der Waals surface area contributed by atoms with E-state index < -0.39 is 0 Å². The molecule has 3 aromatic rings. The summed E-state index contributed by atoms with van der Waals surface area (Å²) in [4.78, 5) is 0. The van der Waals surface area contributed by atoms with Crippen LogP contribution < -0.4 is 10.6 Å². The second-order valence-electron chi connectivity index (χ2n) is 5.17. The molecule has 0 saturated heterocycles. The topological polar surface area (TPSA) is 66.0 Å². The third-order valence-corrected chi connectivity index (χ3v) is 4.56. The van der Waals surface area contributed by atoms with Crippen molar-refractivity contribution in [1.82, 2.24) is 14.9 Å². The van der Waals surface area contributed by atoms with Crippen LogP contribution in [-0.4, -0.2) is 22.0 Å². The lowest BCUT2D eigenvalue weighted by molar-refractivity contribution is 0.414. The van der Waals surface area contributed by atoms with Crippen LogP contribution in [-0.2, 0) is 12.2 Å². The molecule has 124 valence electrons. The Labute approximate surface area is 143 Å². The molecule has 0 bridgehead atoms. The summed E-state index contributed by atoms with van der Waals surface area (Å²) in [5.41, 5.74) is 1.67. The second-order valence-corrected chi connectivity index (χ2v) is 6.12. The largest absolute Gasteiger partial charge is 0.497 e. The van der Waals surface area contributed by atoms with Crippen molar-refractivity contribution in [2.75, 3.05) is 13.0 Å². The maximum absolute atomic E-state index is 13.6. The number of methoxy groups -OCH3 is 1. The Morgan fingerprint density at radius 3 is 2.58 bits per heavy atom. The minimum atomic E-state index is -0.230. The molecule has 0 fully saturated rings. The Morgan fingerprint density at radius 2 is 1.88 bits per heavy atom. The highest BCUT2D eigenvalue weighted by atomic mass is 32.2. The van der Waals surface area contributed by atoms with Crippen LogP contribution in [0.4, 0.5) is 4.39 Å². The number of thioether (sulfide) groups is 1. The maximum atomic E-state index is 13.6. The fourth-order valence-corrected chi connectivity index (χ4v) is 3.07. The highest BCUT2D eigenvalue weighted by molar-refractivity contribution is 7.98. The Balaban J connectivity index is 1.68. The van der Waals surface area contributed by atoms with Gasteiger partial charge in [-0.1, -0.05) is 42.1 Å². The number of rotatable bonds is 6. The molecule has 0 spiro atoms. The van der Waals surface area contributed by atoms with Gasteiger partial charge in [-0.3, -0.25) is 0 Å². The normalized spacial score (nSPS) is 10.8. The fourth-order valence-electron chi connectivity index (χ4n) is 2.21. The maximum Gasteiger partial charge on any atom is 0.210 e. The smallest absolute Gasteiger partial charge is 0.210 e. The molecule has 0 amide bonds. The summed E-state index contributed by atoms with van der Waals surface area (Å²) < 4.78 is 20.2. The molecule has 0 atom stereocenters. The van der Waals surface area contributed by atoms with Gasteiger partial charge in [0.2, 0.25) is 5.16 Å². The molecule has 5 nitrogen and oxygen atoms in total. The molecular weight excluding hydrogens is 327 g/mol. The molecule has 2 aromatic carbocycles. The fraction of sp³-hybridized carbons (Fsp3) is 0.176. The van der Waals surface area contributed by atoms with Crippen LogP contribution in [0.5, 0.6) is 5.75 Å². The van der Waals surface area contributed by atoms with Crippen LogP contribution >= 0.6 is 11.8 Å². The number of ether oxygens (including phenoxy) is 1. The van der Waals surface area contributed by atoms with Crippen molar-refractivity contribution in [3.8, 4) is 5.75 Å². The molecule has 0 aliphatic carbocycles. The summed E-state index contributed by atoms with van der Waals surface area (Å²) >= 11 is 1.36. The van der Waals surface area contributed by atoms with Crippen molar-refractivity contribution in [2.45, 2.75) is 17.3 Å². The van der Waals surface area contributed by atoms with Crippen molar-refractivity contribution >= 4 is 11.8 Å². The van der Waals surface area contributed by atoms with E-state index in [-0.39, 0.29) is 5.82 Å². The summed E-state index contributed by atoms with van der Waals surface area (Å²) in [6, 6.07) is 14.4. The molecule has 1 aromatic heterocycles. The molecule has 2 N–H and O–H groups in total. The molecule has 1 heterocycles. The van der Waals surface area contributed by atoms with Gasteiger partial charge in [0.25, 0.3) is 0 Å². The molecular formula is C17H17FN4OS. The van der Waals surface area contributed by atoms with E-state index in [9.17, 15) is 4.39 Å². The number of nitrogens with two attached hydrogens (primary N) is 1. The number of benzene rings is 2. The van der Waals surface area contributed by atoms with Crippen LogP contribution in [0.1, 0.15) is 17.0 Å². The van der Waals surface area contributed by atoms with E-state index in [1.54, 1.807) is 25.3 Å². The number of nitrogens with zero attached hydrogens (tertiary/aromatic N) is 3. The highest BCUT2D eigenvalue weighted by Gasteiger charge is 2.12. The van der Waals surface area contributed by atoms with Gasteiger partial charge in [0.1, 0.15) is 11.6 Å². The van der Waals surface area contributed by atoms with E-state index in [4.69, 9.17) is 10.6 Å². The number of hydrogen-bond donors (Lipinski definition) is 1. The molecule has 7 heteroatoms. The number of nitrogen functional groups attached to an aromatic ring is 1. The van der Waals surface area contributed by atoms with E-state index in [0.29, 0.717) is 28.7 Å². The van der Waals surface area contributed by atoms with Crippen LogP contribution in [0, 0.1) is 5.82 Å². The van der Waals surface area contributed by atoms with Crippen molar-refractivity contribution in [3.63, 3.8) is 0 Å². The van der Waals surface area contributed by atoms with Gasteiger partial charge in [0, 0.05) is 12.2 Å². The Hall–Kier alpha value is -2.54. The van der Waals surface area contributed by atoms with Crippen molar-refractivity contribution in [1.29, 1.82) is 0 Å². The van der Waals surface area contributed by atoms with E-state index >= 15 is 0 Å². The van der Waals surface area contributed by atoms with Crippen LogP contribution in [0.3, 0.4) is 0 Å². The van der Waals surface area contributed by atoms with Gasteiger partial charge in [0.15, 0.2) is 5.82 Å². The molecule has 0 saturated carbocycles. The minimum absolute atomic E-state index is 0.230. The molecule has 0 radical (unpaired) electrons. The Bertz CT molecular complexity index is 820. The van der Waals surface area contributed by atoms with Crippen LogP contribution in [0.2, 0.25) is 0 Å². The third-order valence-electron chi connectivity index (χ3n) is 3.57. The van der Waals surface area contributed by atoms with Gasteiger partial charge in [-0.2, -0.15) is 0 Å². The predicted octanol–water partition coefficient (Wildman–Crippen LogP) is 3.02. The van der Waals surface area contributed by atoms with E-state index in [0.717, 1.165) is 11.3 Å². The average Bonchev–Trinajstić information content (AvgIpc) is 2.95. The highest BCUT2D eigenvalue weighted by Crippen LogP contribution is 2.22. The summed E-state index contributed by atoms with van der Waals surface area (Å²) in [6.45, 7) is 0. The lowest BCUT2D eigenvalue weighted by Gasteiger charge is -2.05. The summed E-state index contributed by atoms with van der Waals surface area (Å²) in [7, 11) is 1.63. The van der Waals surface area contributed by atoms with Crippen molar-refractivity contribution < 1.29 is 9.13 Å². The van der Waals surface area contributed by atoms with Gasteiger partial charge in [-0.05, 0) is 29.3 Å². The minimum Gasteiger partial charge on any atom is -0.497 e. The lowest BCUT2D eigenvalue weighted by atomic mass is 10.1. The Morgan fingerprint density at radius 1 is 1.12 bits per heavy atom. The van der Waals surface area contributed by atoms with Gasteiger partial charge in [0.05, 0.1) is 7.11 Å². The quantitative estimate of drug-likeness (QED) is 0.550. The molecule has 24 heavy (non-hydrogen) atoms. The molecule has 3 rings (SSSR count). The van der Waals surface area contributed by atoms with Crippen molar-refractivity contribution in [3.05, 3.63) is 71.3 Å². The Kier molecular flexibility index (Phi) is 5.00. The first-order valence-corrected chi connectivity index (χ1v) is 8.34. The zero-order valence-corrected chi connectivity index (χ0v) is 14.0. The lowest BCUT2D eigenvalue weighted by Crippen LogP contribution is -2.14. The SMILES string of the molecule is COc1ccc(Cc2nnc(SCc3ccccc3F)n2N)cc1. The molecule has 0 aliphatic heterocycles. The van der Waals surface area contributed by atoms with Crippen LogP contribution in [0.25, 0.3) is 0 Å². The van der Waals surface area contributed by atoms with E-state index in [1.165, 1.54) is 22.5 Å². The van der Waals surface area contributed by atoms with Crippen molar-refractivity contribution in [2.24, 2.45) is 0 Å². The van der Waals surface area contributed by atoms with Gasteiger partial charge in [-0.15, -0.1) is 10.2 Å². The first-order valence-electron chi connectivity index (χ1n) is 7.36. The molecule has 0 unspecified atom stereocenters. The number of hydrogen-bond acceptors (Lipinski definition) is 5. The monoisotopic (exact) mass is 344 g/mol. The average molecular weight is 344 g/mol. The van der Waals surface area contributed by atoms with E-state index in [1.807, 2.05) is 24.3 Å². The van der Waals surface area contributed by atoms with E-state index in [2.05, 4.69) is 10.2 Å². The van der Waals surface area contributed by atoms with Gasteiger partial charge >= 0.3 is 0 Å². The summed E-state index contributed by atoms with van der Waals surface area (Å²) in [6.07, 6.45) is 0.563. The zero-order chi connectivity index (χ0) is 16.9. The standard InChI is InChI=1S/C17H17FN4OS/c1-23-14-8-6-12(7-9-14)10-16-20-21-17(22(16)19)24-11-13-4-2-3-5-15(13)18/h2-9H,10-11,19H2,1H3. The molecule has 0 aliphatic rings. The first kappa shape index (κ1) is 16.3. The third kappa shape index (κ3) is 3.68. The van der Waals surface area contributed by atoms with Crippen LogP contribution in [0.15, 0.2) is 53.7 Å². The summed E-state index contributed by atoms with van der Waals surface area (Å²) in [5.74, 6) is 7.73. The number of aromatic nitrogens is 3. The van der Waals surface area contributed by atoms with Gasteiger partial charge < -0.3 is 10.6 Å².